The summed E-state index contributed by atoms with van der Waals surface area (Å²) in [5, 5.41) is 32.6. The second kappa shape index (κ2) is 8.78. The summed E-state index contributed by atoms with van der Waals surface area (Å²) in [6.45, 7) is 8.88. The molecule has 6 nitrogen and oxygen atoms in total. The maximum absolute atomic E-state index is 13.1. The maximum atomic E-state index is 13.1. The summed E-state index contributed by atoms with van der Waals surface area (Å²) in [7, 11) is 0. The van der Waals surface area contributed by atoms with Crippen LogP contribution in [0.5, 0.6) is 11.5 Å². The number of ketones is 1. The molecule has 2 aromatic carbocycles. The highest BCUT2D eigenvalue weighted by atomic mass is 16.4. The first kappa shape index (κ1) is 22.3. The smallest absolute Gasteiger partial charge is 0.336 e. The first-order valence-corrected chi connectivity index (χ1v) is 10.1. The summed E-state index contributed by atoms with van der Waals surface area (Å²) in [6, 6.07) is 10.1. The summed E-state index contributed by atoms with van der Waals surface area (Å²) < 4.78 is 5.39. The van der Waals surface area contributed by atoms with E-state index in [1.807, 2.05) is 13.0 Å². The number of rotatable bonds is 7. The fraction of sp³-hybridized carbons (Fsp3) is 0.280. The lowest BCUT2D eigenvalue weighted by molar-refractivity contribution is 0.0921. The van der Waals surface area contributed by atoms with Gasteiger partial charge in [0.2, 0.25) is 0 Å². The van der Waals surface area contributed by atoms with Crippen molar-refractivity contribution >= 4 is 16.8 Å². The monoisotopic (exact) mass is 422 g/mol. The Hall–Kier alpha value is -3.38. The molecule has 0 saturated heterocycles. The highest BCUT2D eigenvalue weighted by molar-refractivity contribution is 6.11. The van der Waals surface area contributed by atoms with Gasteiger partial charge in [0.15, 0.2) is 5.78 Å². The van der Waals surface area contributed by atoms with Crippen LogP contribution >= 0.6 is 0 Å². The van der Waals surface area contributed by atoms with E-state index in [0.717, 1.165) is 0 Å². The van der Waals surface area contributed by atoms with Crippen molar-refractivity contribution in [3.05, 3.63) is 70.1 Å². The number of hydrogen-bond acceptors (Lipinski definition) is 6. The molecule has 0 aliphatic carbocycles. The van der Waals surface area contributed by atoms with Crippen molar-refractivity contribution in [2.24, 2.45) is 5.92 Å². The lowest BCUT2D eigenvalue weighted by atomic mass is 9.88. The van der Waals surface area contributed by atoms with E-state index in [1.54, 1.807) is 38.1 Å². The van der Waals surface area contributed by atoms with Crippen LogP contribution in [0.3, 0.4) is 0 Å². The standard InChI is InChI=1S/C25H26O6/c1-5-14(4)22(28)21-23(29)17(11-18(26)13(2)3)25-20(24(21)30)16(12-19(27)31-25)15-9-7-6-8-10-15/h6-10,12,14,18,26,29-30H,2,5,11H2,1,3-4H3. The molecule has 3 N–H and O–H groups in total. The Bertz CT molecular complexity index is 1210. The molecule has 1 aromatic heterocycles. The average molecular weight is 422 g/mol. The topological polar surface area (TPSA) is 108 Å². The van der Waals surface area contributed by atoms with E-state index in [0.29, 0.717) is 23.1 Å². The average Bonchev–Trinajstić information content (AvgIpc) is 2.75. The molecule has 2 atom stereocenters. The van der Waals surface area contributed by atoms with Crippen LogP contribution in [-0.2, 0) is 6.42 Å². The number of carbonyl (C=O) groups excluding carboxylic acids is 1. The Kier molecular flexibility index (Phi) is 6.32. The molecule has 6 heteroatoms. The second-order valence-electron chi connectivity index (χ2n) is 7.84. The molecule has 0 saturated carbocycles. The number of benzene rings is 2. The van der Waals surface area contributed by atoms with Crippen molar-refractivity contribution in [1.29, 1.82) is 0 Å². The number of phenols is 2. The van der Waals surface area contributed by atoms with E-state index in [9.17, 15) is 24.9 Å². The molecule has 0 spiro atoms. The highest BCUT2D eigenvalue weighted by Crippen LogP contribution is 2.45. The fourth-order valence-electron chi connectivity index (χ4n) is 3.50. The largest absolute Gasteiger partial charge is 0.507 e. The molecule has 0 bridgehead atoms. The first-order chi connectivity index (χ1) is 14.7. The van der Waals surface area contributed by atoms with Crippen LogP contribution in [0.4, 0.5) is 0 Å². The normalized spacial score (nSPS) is 13.2. The van der Waals surface area contributed by atoms with Gasteiger partial charge < -0.3 is 19.7 Å². The number of phenolic OH excluding ortho intramolecular Hbond substituents is 2. The molecule has 3 rings (SSSR count). The zero-order valence-electron chi connectivity index (χ0n) is 17.8. The van der Waals surface area contributed by atoms with Crippen LogP contribution in [0.25, 0.3) is 22.1 Å². The molecule has 0 fully saturated rings. The minimum Gasteiger partial charge on any atom is -0.507 e. The number of Topliss-reactive ketones (excluding diaryl/α,β-unsaturated/α-hetero) is 1. The quantitative estimate of drug-likeness (QED) is 0.292. The van der Waals surface area contributed by atoms with Gasteiger partial charge in [0.25, 0.3) is 0 Å². The molecule has 0 aliphatic rings. The number of hydrogen-bond donors (Lipinski definition) is 3. The van der Waals surface area contributed by atoms with E-state index in [-0.39, 0.29) is 28.5 Å². The Morgan fingerprint density at radius 2 is 1.81 bits per heavy atom. The van der Waals surface area contributed by atoms with Crippen LogP contribution in [0, 0.1) is 5.92 Å². The van der Waals surface area contributed by atoms with Gasteiger partial charge in [-0.15, -0.1) is 0 Å². The minimum atomic E-state index is -1.05. The number of aliphatic hydroxyl groups is 1. The lowest BCUT2D eigenvalue weighted by Gasteiger charge is -2.19. The molecule has 2 unspecified atom stereocenters. The Morgan fingerprint density at radius 1 is 1.16 bits per heavy atom. The molecule has 3 aromatic rings. The van der Waals surface area contributed by atoms with Gasteiger partial charge in [-0.1, -0.05) is 56.3 Å². The molecular formula is C25H26O6. The SMILES string of the molecule is C=C(C)C(O)Cc1c(O)c(C(=O)C(C)CC)c(O)c2c(-c3ccccc3)cc(=O)oc12. The van der Waals surface area contributed by atoms with E-state index in [2.05, 4.69) is 6.58 Å². The predicted molar refractivity (Wildman–Crippen MR) is 120 cm³/mol. The summed E-state index contributed by atoms with van der Waals surface area (Å²) in [5.41, 5.74) is 0.529. The molecule has 31 heavy (non-hydrogen) atoms. The van der Waals surface area contributed by atoms with Crippen molar-refractivity contribution in [2.45, 2.75) is 39.7 Å². The number of aromatic hydroxyl groups is 2. The molecule has 0 amide bonds. The van der Waals surface area contributed by atoms with Crippen LogP contribution < -0.4 is 5.63 Å². The van der Waals surface area contributed by atoms with Gasteiger partial charge in [-0.05, 0) is 18.9 Å². The van der Waals surface area contributed by atoms with E-state index >= 15 is 0 Å². The zero-order chi connectivity index (χ0) is 22.9. The Balaban J connectivity index is 2.48. The van der Waals surface area contributed by atoms with Gasteiger partial charge >= 0.3 is 5.63 Å². The van der Waals surface area contributed by atoms with Gasteiger partial charge in [0.1, 0.15) is 22.6 Å². The Labute approximate surface area is 180 Å². The minimum absolute atomic E-state index is 0.0673. The number of fused-ring (bicyclic) bond motifs is 1. The van der Waals surface area contributed by atoms with E-state index < -0.39 is 34.9 Å². The van der Waals surface area contributed by atoms with Crippen LogP contribution in [0.15, 0.2) is 57.8 Å². The van der Waals surface area contributed by atoms with Crippen LogP contribution in [0.1, 0.15) is 43.1 Å². The first-order valence-electron chi connectivity index (χ1n) is 10.1. The van der Waals surface area contributed by atoms with Gasteiger partial charge in [-0.25, -0.2) is 4.79 Å². The Morgan fingerprint density at radius 3 is 2.39 bits per heavy atom. The summed E-state index contributed by atoms with van der Waals surface area (Å²) in [5.74, 6) is -1.84. The van der Waals surface area contributed by atoms with E-state index in [1.165, 1.54) is 6.07 Å². The fourth-order valence-corrected chi connectivity index (χ4v) is 3.50. The van der Waals surface area contributed by atoms with Crippen molar-refractivity contribution in [2.75, 3.05) is 0 Å². The lowest BCUT2D eigenvalue weighted by Crippen LogP contribution is -2.16. The van der Waals surface area contributed by atoms with Crippen molar-refractivity contribution in [3.8, 4) is 22.6 Å². The second-order valence-corrected chi connectivity index (χ2v) is 7.84. The van der Waals surface area contributed by atoms with Gasteiger partial charge in [-0.3, -0.25) is 4.79 Å². The van der Waals surface area contributed by atoms with E-state index in [4.69, 9.17) is 4.42 Å². The maximum Gasteiger partial charge on any atom is 0.336 e. The highest BCUT2D eigenvalue weighted by Gasteiger charge is 2.30. The molecule has 162 valence electrons. The van der Waals surface area contributed by atoms with Crippen molar-refractivity contribution in [1.82, 2.24) is 0 Å². The summed E-state index contributed by atoms with van der Waals surface area (Å²) >= 11 is 0. The zero-order valence-corrected chi connectivity index (χ0v) is 17.8. The van der Waals surface area contributed by atoms with Crippen molar-refractivity contribution in [3.63, 3.8) is 0 Å². The van der Waals surface area contributed by atoms with Crippen molar-refractivity contribution < 1.29 is 24.5 Å². The van der Waals surface area contributed by atoms with Gasteiger partial charge in [0.05, 0.1) is 11.5 Å². The third-order valence-electron chi connectivity index (χ3n) is 5.59. The molecular weight excluding hydrogens is 396 g/mol. The van der Waals surface area contributed by atoms with Crippen LogP contribution in [-0.4, -0.2) is 27.2 Å². The summed E-state index contributed by atoms with van der Waals surface area (Å²) in [6.07, 6.45) is -0.676. The third-order valence-corrected chi connectivity index (χ3v) is 5.59. The predicted octanol–water partition coefficient (Wildman–Crippen LogP) is 4.58. The number of aliphatic hydroxyl groups excluding tert-OH is 1. The molecule has 0 radical (unpaired) electrons. The third kappa shape index (κ3) is 4.11. The van der Waals surface area contributed by atoms with Gasteiger partial charge in [0, 0.05) is 29.5 Å². The molecule has 1 heterocycles. The summed E-state index contributed by atoms with van der Waals surface area (Å²) in [4.78, 5) is 25.4. The van der Waals surface area contributed by atoms with Gasteiger partial charge in [-0.2, -0.15) is 0 Å². The number of carbonyl (C=O) groups is 1. The van der Waals surface area contributed by atoms with Crippen LogP contribution in [0.2, 0.25) is 0 Å². The molecule has 0 aliphatic heterocycles.